The first-order valence-electron chi connectivity index (χ1n) is 10.1. The molecule has 0 bridgehead atoms. The Labute approximate surface area is 182 Å². The molecule has 2 aliphatic rings. The molecule has 4 rings (SSSR count). The number of nitrogens with one attached hydrogen (secondary N) is 1. The Hall–Kier alpha value is -3.27. The van der Waals surface area contributed by atoms with Crippen LogP contribution in [0.5, 0.6) is 5.75 Å². The highest BCUT2D eigenvalue weighted by molar-refractivity contribution is 6.02. The zero-order valence-electron chi connectivity index (χ0n) is 17.3. The molecule has 7 nitrogen and oxygen atoms in total. The number of ether oxygens (including phenoxy) is 1. The number of methoxy groups -OCH3 is 1. The van der Waals surface area contributed by atoms with Crippen molar-refractivity contribution >= 4 is 17.5 Å². The zero-order chi connectivity index (χ0) is 22.8. The second kappa shape index (κ2) is 8.70. The average molecular weight is 449 g/mol. The largest absolute Gasteiger partial charge is 0.497 e. The molecule has 0 saturated carbocycles. The number of alkyl halides is 3. The summed E-state index contributed by atoms with van der Waals surface area (Å²) in [6.07, 6.45) is -3.84. The van der Waals surface area contributed by atoms with E-state index < -0.39 is 23.4 Å². The number of rotatable bonds is 4. The number of carbonyl (C=O) groups is 1. The van der Waals surface area contributed by atoms with E-state index in [1.54, 1.807) is 7.11 Å². The molecular formula is C22H22F3N3O4. The Bertz CT molecular complexity index is 1020. The van der Waals surface area contributed by atoms with E-state index in [1.807, 2.05) is 24.3 Å². The monoisotopic (exact) mass is 449 g/mol. The molecule has 170 valence electrons. The molecule has 0 atom stereocenters. The van der Waals surface area contributed by atoms with Gasteiger partial charge in [-0.1, -0.05) is 29.4 Å². The summed E-state index contributed by atoms with van der Waals surface area (Å²) in [6, 6.07) is 12.3. The molecule has 1 amide bonds. The lowest BCUT2D eigenvalue weighted by Gasteiger charge is -2.35. The average Bonchev–Trinajstić information content (AvgIpc) is 3.19. The molecular weight excluding hydrogens is 427 g/mol. The van der Waals surface area contributed by atoms with E-state index in [-0.39, 0.29) is 5.69 Å². The first-order valence-corrected chi connectivity index (χ1v) is 10.1. The van der Waals surface area contributed by atoms with Crippen molar-refractivity contribution in [2.75, 3.05) is 25.5 Å². The molecule has 32 heavy (non-hydrogen) atoms. The smallest absolute Gasteiger partial charge is 0.430 e. The lowest BCUT2D eigenvalue weighted by molar-refractivity contribution is -0.154. The van der Waals surface area contributed by atoms with Gasteiger partial charge in [-0.25, -0.2) is 4.79 Å². The van der Waals surface area contributed by atoms with E-state index >= 15 is 0 Å². The Kier molecular flexibility index (Phi) is 5.96. The molecule has 1 spiro atoms. The Balaban J connectivity index is 1.31. The summed E-state index contributed by atoms with van der Waals surface area (Å²) in [6.45, 7) is 0.741. The van der Waals surface area contributed by atoms with E-state index in [4.69, 9.17) is 14.4 Å². The summed E-state index contributed by atoms with van der Waals surface area (Å²) in [4.78, 5) is 23.1. The molecule has 2 aliphatic heterocycles. The van der Waals surface area contributed by atoms with E-state index in [0.717, 1.165) is 23.1 Å². The third kappa shape index (κ3) is 4.80. The highest BCUT2D eigenvalue weighted by atomic mass is 19.4. The molecule has 2 aromatic rings. The van der Waals surface area contributed by atoms with Gasteiger partial charge in [0.05, 0.1) is 24.1 Å². The van der Waals surface area contributed by atoms with E-state index in [9.17, 15) is 18.0 Å². The highest BCUT2D eigenvalue weighted by Gasteiger charge is 2.43. The maximum atomic E-state index is 13.1. The number of amides is 1. The van der Waals surface area contributed by atoms with Gasteiger partial charge in [-0.3, -0.25) is 5.32 Å². The summed E-state index contributed by atoms with van der Waals surface area (Å²) in [5.74, 6) is 0.729. The van der Waals surface area contributed by atoms with Crippen molar-refractivity contribution in [3.05, 3.63) is 59.7 Å². The molecule has 1 N–H and O–H groups in total. The fourth-order valence-electron chi connectivity index (χ4n) is 3.82. The number of piperidine rings is 1. The van der Waals surface area contributed by atoms with Crippen LogP contribution in [0.1, 0.15) is 30.4 Å². The standard InChI is InChI=1S/C22H22F3N3O4/c1-30-16-6-4-5-15(13-16)19-14-21(32-27-19)9-11-28(12-10-21)31-20(29)26-18-8-3-2-7-17(18)22(23,24)25/h2-8,13H,9-12,14H2,1H3,(H,26,29). The van der Waals surface area contributed by atoms with Crippen molar-refractivity contribution in [2.24, 2.45) is 5.16 Å². The van der Waals surface area contributed by atoms with Crippen LogP contribution in [0.25, 0.3) is 0 Å². The van der Waals surface area contributed by atoms with Crippen LogP contribution in [0.3, 0.4) is 0 Å². The normalized spacial score (nSPS) is 18.1. The summed E-state index contributed by atoms with van der Waals surface area (Å²) >= 11 is 0. The summed E-state index contributed by atoms with van der Waals surface area (Å²) < 4.78 is 44.5. The minimum atomic E-state index is -4.58. The Morgan fingerprint density at radius 3 is 2.62 bits per heavy atom. The minimum absolute atomic E-state index is 0.353. The van der Waals surface area contributed by atoms with Gasteiger partial charge >= 0.3 is 12.3 Å². The van der Waals surface area contributed by atoms with Gasteiger partial charge in [0.2, 0.25) is 0 Å². The quantitative estimate of drug-likeness (QED) is 0.724. The molecule has 0 unspecified atom stereocenters. The molecule has 10 heteroatoms. The van der Waals surface area contributed by atoms with E-state index in [2.05, 4.69) is 10.5 Å². The minimum Gasteiger partial charge on any atom is -0.497 e. The first kappa shape index (κ1) is 21.9. The van der Waals surface area contributed by atoms with Crippen LogP contribution in [0.15, 0.2) is 53.7 Å². The van der Waals surface area contributed by atoms with E-state index in [0.29, 0.717) is 32.4 Å². The zero-order valence-corrected chi connectivity index (χ0v) is 17.3. The van der Waals surface area contributed by atoms with E-state index in [1.165, 1.54) is 23.3 Å². The summed E-state index contributed by atoms with van der Waals surface area (Å²) in [5, 5.41) is 7.85. The molecule has 0 aliphatic carbocycles. The SMILES string of the molecule is COc1cccc(C2=NOC3(CCN(OC(=O)Nc4ccccc4C(F)(F)F)CC3)C2)c1. The molecule has 1 fully saturated rings. The van der Waals surface area contributed by atoms with Gasteiger partial charge in [-0.05, 0) is 24.3 Å². The molecule has 2 aromatic carbocycles. The van der Waals surface area contributed by atoms with Gasteiger partial charge in [0, 0.05) is 37.9 Å². The summed E-state index contributed by atoms with van der Waals surface area (Å²) in [5.41, 5.74) is -0.0371. The Morgan fingerprint density at radius 1 is 1.16 bits per heavy atom. The predicted octanol–water partition coefficient (Wildman–Crippen LogP) is 4.84. The third-order valence-corrected chi connectivity index (χ3v) is 5.56. The van der Waals surface area contributed by atoms with Crippen molar-refractivity contribution < 1.29 is 32.4 Å². The number of hydrogen-bond acceptors (Lipinski definition) is 6. The molecule has 2 heterocycles. The lowest BCUT2D eigenvalue weighted by atomic mass is 9.86. The van der Waals surface area contributed by atoms with Crippen molar-refractivity contribution in [3.8, 4) is 5.75 Å². The number of halogens is 3. The molecule has 0 aromatic heterocycles. The van der Waals surface area contributed by atoms with Crippen LogP contribution in [-0.2, 0) is 15.9 Å². The fraction of sp³-hybridized carbons (Fsp3) is 0.364. The van der Waals surface area contributed by atoms with Crippen LogP contribution in [-0.4, -0.2) is 42.7 Å². The van der Waals surface area contributed by atoms with Crippen LogP contribution in [0, 0.1) is 0 Å². The van der Waals surface area contributed by atoms with Gasteiger partial charge in [0.15, 0.2) is 0 Å². The number of benzene rings is 2. The van der Waals surface area contributed by atoms with Crippen LogP contribution in [0.4, 0.5) is 23.7 Å². The van der Waals surface area contributed by atoms with Crippen molar-refractivity contribution in [3.63, 3.8) is 0 Å². The number of hydroxylamine groups is 2. The third-order valence-electron chi connectivity index (χ3n) is 5.56. The number of anilines is 1. The number of para-hydroxylation sites is 1. The van der Waals surface area contributed by atoms with Crippen LogP contribution < -0.4 is 10.1 Å². The maximum absolute atomic E-state index is 13.1. The lowest BCUT2D eigenvalue weighted by Crippen LogP contribution is -2.45. The second-order valence-corrected chi connectivity index (χ2v) is 7.70. The predicted molar refractivity (Wildman–Crippen MR) is 110 cm³/mol. The number of carbonyl (C=O) groups excluding carboxylic acids is 1. The van der Waals surface area contributed by atoms with Crippen molar-refractivity contribution in [1.82, 2.24) is 5.06 Å². The molecule has 1 saturated heterocycles. The van der Waals surface area contributed by atoms with Gasteiger partial charge in [-0.15, -0.1) is 5.06 Å². The highest BCUT2D eigenvalue weighted by Crippen LogP contribution is 2.37. The number of hydrogen-bond donors (Lipinski definition) is 1. The van der Waals surface area contributed by atoms with Crippen LogP contribution in [0.2, 0.25) is 0 Å². The summed E-state index contributed by atoms with van der Waals surface area (Å²) in [7, 11) is 1.60. The van der Waals surface area contributed by atoms with Crippen LogP contribution >= 0.6 is 0 Å². The first-order chi connectivity index (χ1) is 15.3. The van der Waals surface area contributed by atoms with Crippen molar-refractivity contribution in [1.29, 1.82) is 0 Å². The number of oxime groups is 1. The topological polar surface area (TPSA) is 72.4 Å². The maximum Gasteiger partial charge on any atom is 0.430 e. The number of nitrogens with zero attached hydrogens (tertiary/aromatic N) is 2. The van der Waals surface area contributed by atoms with Gasteiger partial charge in [0.25, 0.3) is 0 Å². The van der Waals surface area contributed by atoms with Crippen molar-refractivity contribution in [2.45, 2.75) is 31.0 Å². The Morgan fingerprint density at radius 2 is 1.91 bits per heavy atom. The van der Waals surface area contributed by atoms with Gasteiger partial charge in [-0.2, -0.15) is 13.2 Å². The second-order valence-electron chi connectivity index (χ2n) is 7.70. The molecule has 0 radical (unpaired) electrons. The van der Waals surface area contributed by atoms with Gasteiger partial charge in [0.1, 0.15) is 11.4 Å². The van der Waals surface area contributed by atoms with Gasteiger partial charge < -0.3 is 14.4 Å². The fourth-order valence-corrected chi connectivity index (χ4v) is 3.82.